The number of hydrogen-bond donors (Lipinski definition) is 1. The molecule has 2 heterocycles. The topological polar surface area (TPSA) is 91.7 Å². The van der Waals surface area contributed by atoms with Crippen LogP contribution in [-0.4, -0.2) is 42.5 Å². The van der Waals surface area contributed by atoms with Gasteiger partial charge in [0.05, 0.1) is 24.8 Å². The third-order valence-electron chi connectivity index (χ3n) is 4.71. The standard InChI is InChI=1S/C24H21N3O5S/c1-30-19-11-10-16(13-20(19)31-2)25-22(28)15-32-24(29)18-14-27(17-7-4-3-5-8-17)26-23(18)21-9-6-12-33-21/h3-14H,15H2,1-2H3,(H,25,28). The van der Waals surface area contributed by atoms with Gasteiger partial charge in [0.2, 0.25) is 0 Å². The predicted octanol–water partition coefficient (Wildman–Crippen LogP) is 4.41. The summed E-state index contributed by atoms with van der Waals surface area (Å²) in [5, 5.41) is 9.16. The Labute approximate surface area is 194 Å². The van der Waals surface area contributed by atoms with Crippen LogP contribution in [0.5, 0.6) is 11.5 Å². The highest BCUT2D eigenvalue weighted by Gasteiger charge is 2.21. The molecule has 2 aromatic carbocycles. The van der Waals surface area contributed by atoms with E-state index < -0.39 is 18.5 Å². The number of methoxy groups -OCH3 is 2. The molecule has 0 aliphatic rings. The number of carbonyl (C=O) groups is 2. The fourth-order valence-corrected chi connectivity index (χ4v) is 3.87. The van der Waals surface area contributed by atoms with Gasteiger partial charge in [0.25, 0.3) is 5.91 Å². The number of ether oxygens (including phenoxy) is 3. The average Bonchev–Trinajstić information content (AvgIpc) is 3.53. The van der Waals surface area contributed by atoms with E-state index in [1.165, 1.54) is 25.6 Å². The summed E-state index contributed by atoms with van der Waals surface area (Å²) in [5.41, 5.74) is 2.07. The first kappa shape index (κ1) is 22.1. The molecule has 0 bridgehead atoms. The number of amides is 1. The van der Waals surface area contributed by atoms with Crippen molar-refractivity contribution in [3.05, 3.63) is 77.8 Å². The van der Waals surface area contributed by atoms with E-state index in [2.05, 4.69) is 10.4 Å². The number of nitrogens with zero attached hydrogens (tertiary/aromatic N) is 2. The zero-order chi connectivity index (χ0) is 23.2. The average molecular weight is 464 g/mol. The Morgan fingerprint density at radius 1 is 1.00 bits per heavy atom. The zero-order valence-electron chi connectivity index (χ0n) is 18.0. The second-order valence-electron chi connectivity index (χ2n) is 6.84. The Hall–Kier alpha value is -4.11. The Balaban J connectivity index is 1.48. The van der Waals surface area contributed by atoms with Gasteiger partial charge in [0.1, 0.15) is 11.3 Å². The van der Waals surface area contributed by atoms with Gasteiger partial charge >= 0.3 is 5.97 Å². The predicted molar refractivity (Wildman–Crippen MR) is 125 cm³/mol. The van der Waals surface area contributed by atoms with Crippen molar-refractivity contribution in [3.8, 4) is 27.8 Å². The summed E-state index contributed by atoms with van der Waals surface area (Å²) in [6, 6.07) is 18.2. The third kappa shape index (κ3) is 5.04. The summed E-state index contributed by atoms with van der Waals surface area (Å²) in [5.74, 6) is -0.105. The quantitative estimate of drug-likeness (QED) is 0.389. The fourth-order valence-electron chi connectivity index (χ4n) is 3.15. The van der Waals surface area contributed by atoms with Crippen LogP contribution in [0.4, 0.5) is 5.69 Å². The second-order valence-corrected chi connectivity index (χ2v) is 7.79. The normalized spacial score (nSPS) is 10.5. The SMILES string of the molecule is COc1ccc(NC(=O)COC(=O)c2cn(-c3ccccc3)nc2-c2cccs2)cc1OC. The van der Waals surface area contributed by atoms with Crippen molar-refractivity contribution in [1.82, 2.24) is 9.78 Å². The molecule has 9 heteroatoms. The van der Waals surface area contributed by atoms with Crippen molar-refractivity contribution >= 4 is 28.9 Å². The van der Waals surface area contributed by atoms with E-state index in [0.717, 1.165) is 10.6 Å². The fraction of sp³-hybridized carbons (Fsp3) is 0.125. The molecule has 8 nitrogen and oxygen atoms in total. The van der Waals surface area contributed by atoms with E-state index >= 15 is 0 Å². The Morgan fingerprint density at radius 2 is 1.79 bits per heavy atom. The van der Waals surface area contributed by atoms with Crippen LogP contribution in [0.25, 0.3) is 16.3 Å². The van der Waals surface area contributed by atoms with E-state index in [1.807, 2.05) is 47.8 Å². The number of aromatic nitrogens is 2. The number of carbonyl (C=O) groups excluding carboxylic acids is 2. The molecule has 0 aliphatic heterocycles. The lowest BCUT2D eigenvalue weighted by Gasteiger charge is -2.10. The molecule has 4 aromatic rings. The minimum absolute atomic E-state index is 0.278. The maximum absolute atomic E-state index is 12.9. The van der Waals surface area contributed by atoms with Gasteiger partial charge in [-0.1, -0.05) is 24.3 Å². The van der Waals surface area contributed by atoms with Gasteiger partial charge in [-0.05, 0) is 35.7 Å². The number of benzene rings is 2. The zero-order valence-corrected chi connectivity index (χ0v) is 18.8. The molecular formula is C24H21N3O5S. The number of esters is 1. The molecule has 0 saturated heterocycles. The van der Waals surface area contributed by atoms with Crippen LogP contribution < -0.4 is 14.8 Å². The number of hydrogen-bond acceptors (Lipinski definition) is 7. The number of para-hydroxylation sites is 1. The second kappa shape index (κ2) is 10.0. The third-order valence-corrected chi connectivity index (χ3v) is 5.59. The molecule has 0 fully saturated rings. The van der Waals surface area contributed by atoms with E-state index in [1.54, 1.807) is 29.1 Å². The maximum Gasteiger partial charge on any atom is 0.342 e. The van der Waals surface area contributed by atoms with Crippen LogP contribution in [0.3, 0.4) is 0 Å². The summed E-state index contributed by atoms with van der Waals surface area (Å²) in [7, 11) is 3.03. The smallest absolute Gasteiger partial charge is 0.342 e. The van der Waals surface area contributed by atoms with Gasteiger partial charge in [-0.25, -0.2) is 9.48 Å². The molecule has 0 spiro atoms. The van der Waals surface area contributed by atoms with Gasteiger partial charge in [0.15, 0.2) is 18.1 Å². The number of rotatable bonds is 8. The lowest BCUT2D eigenvalue weighted by atomic mass is 10.2. The van der Waals surface area contributed by atoms with Crippen LogP contribution in [0.2, 0.25) is 0 Å². The van der Waals surface area contributed by atoms with E-state index in [9.17, 15) is 9.59 Å². The van der Waals surface area contributed by atoms with Gasteiger partial charge in [0, 0.05) is 18.0 Å². The molecule has 4 rings (SSSR count). The number of thiophene rings is 1. The molecular weight excluding hydrogens is 442 g/mol. The summed E-state index contributed by atoms with van der Waals surface area (Å²) in [6.07, 6.45) is 1.61. The van der Waals surface area contributed by atoms with Crippen LogP contribution >= 0.6 is 11.3 Å². The monoisotopic (exact) mass is 463 g/mol. The van der Waals surface area contributed by atoms with Crippen molar-refractivity contribution in [2.45, 2.75) is 0 Å². The van der Waals surface area contributed by atoms with Gasteiger partial charge in [-0.3, -0.25) is 4.79 Å². The van der Waals surface area contributed by atoms with Crippen LogP contribution in [0.1, 0.15) is 10.4 Å². The summed E-state index contributed by atoms with van der Waals surface area (Å²) >= 11 is 1.46. The van der Waals surface area contributed by atoms with Crippen LogP contribution in [0.15, 0.2) is 72.2 Å². The number of nitrogens with one attached hydrogen (secondary N) is 1. The van der Waals surface area contributed by atoms with Crippen molar-refractivity contribution in [1.29, 1.82) is 0 Å². The molecule has 2 aromatic heterocycles. The summed E-state index contributed by atoms with van der Waals surface area (Å²) < 4.78 is 17.3. The van der Waals surface area contributed by atoms with E-state index in [-0.39, 0.29) is 5.56 Å². The van der Waals surface area contributed by atoms with Crippen LogP contribution in [-0.2, 0) is 9.53 Å². The molecule has 33 heavy (non-hydrogen) atoms. The molecule has 0 saturated carbocycles. The van der Waals surface area contributed by atoms with Crippen molar-refractivity contribution < 1.29 is 23.8 Å². The van der Waals surface area contributed by atoms with Crippen molar-refractivity contribution in [2.24, 2.45) is 0 Å². The highest BCUT2D eigenvalue weighted by atomic mass is 32.1. The minimum atomic E-state index is -0.636. The Kier molecular flexibility index (Phi) is 6.70. The number of anilines is 1. The molecule has 0 unspecified atom stereocenters. The van der Waals surface area contributed by atoms with E-state index in [0.29, 0.717) is 22.9 Å². The first-order valence-corrected chi connectivity index (χ1v) is 10.8. The lowest BCUT2D eigenvalue weighted by molar-refractivity contribution is -0.119. The Morgan fingerprint density at radius 3 is 2.48 bits per heavy atom. The summed E-state index contributed by atoms with van der Waals surface area (Å²) in [6.45, 7) is -0.451. The van der Waals surface area contributed by atoms with Gasteiger partial charge in [-0.2, -0.15) is 5.10 Å². The summed E-state index contributed by atoms with van der Waals surface area (Å²) in [4.78, 5) is 26.0. The largest absolute Gasteiger partial charge is 0.493 e. The van der Waals surface area contributed by atoms with Crippen LogP contribution in [0, 0.1) is 0 Å². The highest BCUT2D eigenvalue weighted by Crippen LogP contribution is 2.30. The Bertz CT molecular complexity index is 1250. The van der Waals surface area contributed by atoms with E-state index in [4.69, 9.17) is 14.2 Å². The van der Waals surface area contributed by atoms with Gasteiger partial charge in [-0.15, -0.1) is 11.3 Å². The lowest BCUT2D eigenvalue weighted by Crippen LogP contribution is -2.21. The molecule has 0 atom stereocenters. The minimum Gasteiger partial charge on any atom is -0.493 e. The molecule has 1 N–H and O–H groups in total. The molecule has 1 amide bonds. The van der Waals surface area contributed by atoms with Gasteiger partial charge < -0.3 is 19.5 Å². The molecule has 0 radical (unpaired) electrons. The first-order valence-electron chi connectivity index (χ1n) is 9.97. The van der Waals surface area contributed by atoms with Crippen molar-refractivity contribution in [3.63, 3.8) is 0 Å². The highest BCUT2D eigenvalue weighted by molar-refractivity contribution is 7.13. The first-order chi connectivity index (χ1) is 16.1. The molecule has 168 valence electrons. The van der Waals surface area contributed by atoms with Crippen molar-refractivity contribution in [2.75, 3.05) is 26.1 Å². The maximum atomic E-state index is 12.9. The molecule has 0 aliphatic carbocycles.